The molecule has 1 aromatic carbocycles. The van der Waals surface area contributed by atoms with Crippen LogP contribution in [0.3, 0.4) is 0 Å². The predicted molar refractivity (Wildman–Crippen MR) is 113 cm³/mol. The van der Waals surface area contributed by atoms with Crippen LogP contribution in [0.15, 0.2) is 24.3 Å². The number of aromatic nitrogens is 2. The fourth-order valence-electron chi connectivity index (χ4n) is 4.99. The summed E-state index contributed by atoms with van der Waals surface area (Å²) in [6, 6.07) is 8.99. The summed E-state index contributed by atoms with van der Waals surface area (Å²) in [6.45, 7) is 9.10. The lowest BCUT2D eigenvalue weighted by molar-refractivity contribution is 0.443. The Morgan fingerprint density at radius 3 is 2.70 bits per heavy atom. The number of hydrogen-bond acceptors (Lipinski definition) is 3. The third kappa shape index (κ3) is 3.74. The lowest BCUT2D eigenvalue weighted by atomic mass is 9.93. The Hall–Kier alpha value is -1.90. The first-order chi connectivity index (χ1) is 13.2. The minimum Gasteiger partial charge on any atom is -0.356 e. The number of aryl methyl sites for hydroxylation is 2. The van der Waals surface area contributed by atoms with E-state index in [1.807, 2.05) is 0 Å². The fourth-order valence-corrected chi connectivity index (χ4v) is 4.99. The molecule has 0 amide bonds. The molecule has 0 bridgehead atoms. The molecule has 144 valence electrons. The Balaban J connectivity index is 1.69. The van der Waals surface area contributed by atoms with Crippen molar-refractivity contribution in [3.63, 3.8) is 0 Å². The van der Waals surface area contributed by atoms with Crippen LogP contribution in [-0.2, 0) is 25.7 Å². The molecule has 3 heteroatoms. The van der Waals surface area contributed by atoms with Crippen molar-refractivity contribution in [3.8, 4) is 0 Å². The second-order valence-electron chi connectivity index (χ2n) is 8.43. The van der Waals surface area contributed by atoms with Crippen LogP contribution in [-0.4, -0.2) is 23.1 Å². The summed E-state index contributed by atoms with van der Waals surface area (Å²) in [5.41, 5.74) is 5.78. The van der Waals surface area contributed by atoms with Gasteiger partial charge in [0.2, 0.25) is 0 Å². The highest BCUT2D eigenvalue weighted by molar-refractivity contribution is 5.51. The van der Waals surface area contributed by atoms with Gasteiger partial charge in [-0.2, -0.15) is 0 Å². The Kier molecular flexibility index (Phi) is 5.47. The summed E-state index contributed by atoms with van der Waals surface area (Å²) in [4.78, 5) is 12.6. The first-order valence-electron chi connectivity index (χ1n) is 10.9. The van der Waals surface area contributed by atoms with E-state index in [1.165, 1.54) is 48.3 Å². The summed E-state index contributed by atoms with van der Waals surface area (Å²) < 4.78 is 0. The van der Waals surface area contributed by atoms with Gasteiger partial charge < -0.3 is 4.90 Å². The van der Waals surface area contributed by atoms with Gasteiger partial charge in [0, 0.05) is 25.1 Å². The summed E-state index contributed by atoms with van der Waals surface area (Å²) in [7, 11) is 0. The van der Waals surface area contributed by atoms with Crippen molar-refractivity contribution in [1.82, 2.24) is 9.97 Å². The molecule has 2 aromatic rings. The Bertz CT molecular complexity index is 798. The molecule has 0 spiro atoms. The first-order valence-corrected chi connectivity index (χ1v) is 10.9. The first kappa shape index (κ1) is 18.5. The van der Waals surface area contributed by atoms with Crippen LogP contribution >= 0.6 is 0 Å². The van der Waals surface area contributed by atoms with Gasteiger partial charge in [0.25, 0.3) is 0 Å². The molecule has 2 unspecified atom stereocenters. The fraction of sp³-hybridized carbons (Fsp3) is 0.583. The van der Waals surface area contributed by atoms with Gasteiger partial charge in [-0.15, -0.1) is 0 Å². The van der Waals surface area contributed by atoms with Crippen LogP contribution in [0.5, 0.6) is 0 Å². The summed E-state index contributed by atoms with van der Waals surface area (Å²) in [6.07, 6.45) is 8.08. The zero-order valence-corrected chi connectivity index (χ0v) is 17.2. The molecule has 2 atom stereocenters. The van der Waals surface area contributed by atoms with Crippen molar-refractivity contribution in [2.24, 2.45) is 5.92 Å². The zero-order chi connectivity index (χ0) is 18.8. The maximum absolute atomic E-state index is 5.04. The van der Waals surface area contributed by atoms with Crippen LogP contribution in [0.1, 0.15) is 74.2 Å². The summed E-state index contributed by atoms with van der Waals surface area (Å²) >= 11 is 0. The molecule has 0 radical (unpaired) electrons. The van der Waals surface area contributed by atoms with E-state index >= 15 is 0 Å². The number of fused-ring (bicyclic) bond motifs is 1. The number of anilines is 1. The van der Waals surface area contributed by atoms with E-state index in [2.05, 4.69) is 49.9 Å². The number of rotatable bonds is 5. The van der Waals surface area contributed by atoms with Gasteiger partial charge in [-0.3, -0.25) is 0 Å². The highest BCUT2D eigenvalue weighted by Gasteiger charge is 2.27. The van der Waals surface area contributed by atoms with E-state index in [4.69, 9.17) is 9.97 Å². The third-order valence-corrected chi connectivity index (χ3v) is 6.44. The van der Waals surface area contributed by atoms with Crippen molar-refractivity contribution in [3.05, 3.63) is 52.5 Å². The predicted octanol–water partition coefficient (Wildman–Crippen LogP) is 5.11. The van der Waals surface area contributed by atoms with Gasteiger partial charge in [0.1, 0.15) is 11.6 Å². The van der Waals surface area contributed by atoms with Crippen molar-refractivity contribution in [2.45, 2.75) is 71.6 Å². The maximum atomic E-state index is 5.04. The molecule has 1 fully saturated rings. The number of piperidine rings is 1. The summed E-state index contributed by atoms with van der Waals surface area (Å²) in [5.74, 6) is 3.62. The van der Waals surface area contributed by atoms with Gasteiger partial charge in [-0.25, -0.2) is 9.97 Å². The van der Waals surface area contributed by atoms with Crippen LogP contribution in [0.25, 0.3) is 0 Å². The Morgan fingerprint density at radius 2 is 1.93 bits per heavy atom. The largest absolute Gasteiger partial charge is 0.356 e. The van der Waals surface area contributed by atoms with E-state index in [9.17, 15) is 0 Å². The van der Waals surface area contributed by atoms with Crippen molar-refractivity contribution in [1.29, 1.82) is 0 Å². The minimum atomic E-state index is 0.610. The second kappa shape index (κ2) is 8.00. The Morgan fingerprint density at radius 1 is 1.07 bits per heavy atom. The molecule has 1 aliphatic carbocycles. The van der Waals surface area contributed by atoms with Crippen molar-refractivity contribution >= 4 is 5.82 Å². The quantitative estimate of drug-likeness (QED) is 0.739. The molecule has 1 saturated heterocycles. The maximum Gasteiger partial charge on any atom is 0.135 e. The van der Waals surface area contributed by atoms with Gasteiger partial charge in [0.05, 0.1) is 5.69 Å². The highest BCUT2D eigenvalue weighted by atomic mass is 15.2. The monoisotopic (exact) mass is 363 g/mol. The SMILES string of the molecule is CCc1nc(CC2CCc3ccccc32)c(CC)c(N2CCCC(C)C2)n1. The average Bonchev–Trinajstić information content (AvgIpc) is 3.10. The lowest BCUT2D eigenvalue weighted by Crippen LogP contribution is -2.36. The smallest absolute Gasteiger partial charge is 0.135 e. The Labute approximate surface area is 164 Å². The van der Waals surface area contributed by atoms with Gasteiger partial charge >= 0.3 is 0 Å². The van der Waals surface area contributed by atoms with Crippen LogP contribution in [0.2, 0.25) is 0 Å². The van der Waals surface area contributed by atoms with Gasteiger partial charge in [-0.1, -0.05) is 45.0 Å². The molecule has 3 nitrogen and oxygen atoms in total. The number of nitrogens with zero attached hydrogens (tertiary/aromatic N) is 3. The highest BCUT2D eigenvalue weighted by Crippen LogP contribution is 2.37. The molecule has 0 saturated carbocycles. The molecular formula is C24H33N3. The molecule has 27 heavy (non-hydrogen) atoms. The van der Waals surface area contributed by atoms with E-state index in [1.54, 1.807) is 5.56 Å². The average molecular weight is 364 g/mol. The number of benzene rings is 1. The summed E-state index contributed by atoms with van der Waals surface area (Å²) in [5, 5.41) is 0. The zero-order valence-electron chi connectivity index (χ0n) is 17.2. The van der Waals surface area contributed by atoms with E-state index in [0.29, 0.717) is 5.92 Å². The lowest BCUT2D eigenvalue weighted by Gasteiger charge is -2.34. The number of hydrogen-bond donors (Lipinski definition) is 0. The molecule has 2 aliphatic rings. The molecule has 1 aromatic heterocycles. The second-order valence-corrected chi connectivity index (χ2v) is 8.43. The topological polar surface area (TPSA) is 29.0 Å². The van der Waals surface area contributed by atoms with Crippen molar-refractivity contribution < 1.29 is 0 Å². The van der Waals surface area contributed by atoms with E-state index in [-0.39, 0.29) is 0 Å². The molecule has 0 N–H and O–H groups in total. The third-order valence-electron chi connectivity index (χ3n) is 6.44. The molecule has 2 heterocycles. The minimum absolute atomic E-state index is 0.610. The van der Waals surface area contributed by atoms with Crippen molar-refractivity contribution in [2.75, 3.05) is 18.0 Å². The molecular weight excluding hydrogens is 330 g/mol. The van der Waals surface area contributed by atoms with E-state index < -0.39 is 0 Å². The van der Waals surface area contributed by atoms with E-state index in [0.717, 1.165) is 44.1 Å². The van der Waals surface area contributed by atoms with Gasteiger partial charge in [-0.05, 0) is 61.5 Å². The van der Waals surface area contributed by atoms with Crippen LogP contribution in [0, 0.1) is 5.92 Å². The van der Waals surface area contributed by atoms with Crippen LogP contribution < -0.4 is 4.90 Å². The molecule has 4 rings (SSSR count). The van der Waals surface area contributed by atoms with Crippen LogP contribution in [0.4, 0.5) is 5.82 Å². The molecule has 1 aliphatic heterocycles. The van der Waals surface area contributed by atoms with Gasteiger partial charge in [0.15, 0.2) is 0 Å². The normalized spacial score (nSPS) is 22.1. The standard InChI is InChI=1S/C24H33N3/c1-4-20-22(15-19-13-12-18-10-6-7-11-21(18)19)25-23(5-2)26-24(20)27-14-8-9-17(3)16-27/h6-7,10-11,17,19H,4-5,8-9,12-16H2,1-3H3.